The summed E-state index contributed by atoms with van der Waals surface area (Å²) in [4.78, 5) is 0. The highest BCUT2D eigenvalue weighted by Gasteiger charge is 2.53. The summed E-state index contributed by atoms with van der Waals surface area (Å²) < 4.78 is 9.64. The van der Waals surface area contributed by atoms with Crippen LogP contribution in [0.5, 0.6) is 0 Å². The van der Waals surface area contributed by atoms with E-state index in [9.17, 15) is 0 Å². The van der Waals surface area contributed by atoms with Crippen LogP contribution in [0.25, 0.3) is 0 Å². The minimum Gasteiger partial charge on any atom is -0.377 e. The summed E-state index contributed by atoms with van der Waals surface area (Å²) >= 11 is 0. The zero-order valence-electron chi connectivity index (χ0n) is 5.67. The molecule has 0 aromatic carbocycles. The van der Waals surface area contributed by atoms with Crippen LogP contribution >= 0.6 is 0 Å². The van der Waals surface area contributed by atoms with Gasteiger partial charge in [0.05, 0.1) is 25.4 Å². The molecular weight excluding hydrogens is 116 g/mol. The van der Waals surface area contributed by atoms with E-state index >= 15 is 0 Å². The molecule has 0 radical (unpaired) electrons. The molecule has 0 aromatic heterocycles. The quantitative estimate of drug-likeness (QED) is 0.451. The van der Waals surface area contributed by atoms with Crippen molar-refractivity contribution in [3.63, 3.8) is 0 Å². The topological polar surface area (TPSA) is 25.1 Å². The Balaban J connectivity index is 0.0000000944. The SMILES string of the molecule is C1CO1.CC1CC2OC12. The van der Waals surface area contributed by atoms with E-state index in [0.29, 0.717) is 12.2 Å². The van der Waals surface area contributed by atoms with E-state index in [1.165, 1.54) is 6.42 Å². The zero-order chi connectivity index (χ0) is 6.27. The molecule has 0 bridgehead atoms. The van der Waals surface area contributed by atoms with Gasteiger partial charge in [-0.3, -0.25) is 0 Å². The summed E-state index contributed by atoms with van der Waals surface area (Å²) in [5.41, 5.74) is 0. The third kappa shape index (κ3) is 1.25. The third-order valence-corrected chi connectivity index (χ3v) is 1.99. The molecule has 0 N–H and O–H groups in total. The van der Waals surface area contributed by atoms with Crippen molar-refractivity contribution in [3.05, 3.63) is 0 Å². The predicted molar refractivity (Wildman–Crippen MR) is 33.3 cm³/mol. The molecule has 1 aliphatic carbocycles. The van der Waals surface area contributed by atoms with E-state index in [2.05, 4.69) is 11.7 Å². The van der Waals surface area contributed by atoms with Crippen molar-refractivity contribution >= 4 is 0 Å². The Morgan fingerprint density at radius 2 is 2.00 bits per heavy atom. The first-order chi connectivity index (χ1) is 4.38. The van der Waals surface area contributed by atoms with Crippen molar-refractivity contribution in [3.8, 4) is 0 Å². The van der Waals surface area contributed by atoms with Crippen LogP contribution in [0.15, 0.2) is 0 Å². The Morgan fingerprint density at radius 1 is 1.33 bits per heavy atom. The van der Waals surface area contributed by atoms with E-state index in [-0.39, 0.29) is 0 Å². The van der Waals surface area contributed by atoms with Crippen LogP contribution in [0.1, 0.15) is 13.3 Å². The van der Waals surface area contributed by atoms with Gasteiger partial charge >= 0.3 is 0 Å². The maximum Gasteiger partial charge on any atom is 0.0868 e. The van der Waals surface area contributed by atoms with Gasteiger partial charge in [-0.15, -0.1) is 0 Å². The summed E-state index contributed by atoms with van der Waals surface area (Å²) in [6.45, 7) is 4.24. The van der Waals surface area contributed by atoms with Gasteiger partial charge in [0.2, 0.25) is 0 Å². The molecule has 2 aliphatic heterocycles. The second kappa shape index (κ2) is 1.96. The van der Waals surface area contributed by atoms with Crippen LogP contribution < -0.4 is 0 Å². The third-order valence-electron chi connectivity index (χ3n) is 1.99. The second-order valence-electron chi connectivity index (χ2n) is 2.96. The maximum atomic E-state index is 5.14. The molecule has 3 atom stereocenters. The highest BCUT2D eigenvalue weighted by Crippen LogP contribution is 2.45. The Kier molecular flexibility index (Phi) is 1.24. The Morgan fingerprint density at radius 3 is 2.00 bits per heavy atom. The predicted octanol–water partition coefficient (Wildman–Crippen LogP) is 0.810. The molecule has 2 heteroatoms. The highest BCUT2D eigenvalue weighted by atomic mass is 16.6. The minimum absolute atomic E-state index is 0.699. The fourth-order valence-corrected chi connectivity index (χ4v) is 1.15. The number of fused-ring (bicyclic) bond motifs is 1. The molecule has 0 amide bonds. The summed E-state index contributed by atoms with van der Waals surface area (Å²) in [7, 11) is 0. The monoisotopic (exact) mass is 128 g/mol. The van der Waals surface area contributed by atoms with E-state index in [1.54, 1.807) is 0 Å². The lowest BCUT2D eigenvalue weighted by Gasteiger charge is -2.11. The average Bonchev–Trinajstić information content (AvgIpc) is 2.59. The molecule has 9 heavy (non-hydrogen) atoms. The van der Waals surface area contributed by atoms with Crippen molar-refractivity contribution in [2.24, 2.45) is 5.92 Å². The lowest BCUT2D eigenvalue weighted by molar-refractivity contribution is 0.388. The first kappa shape index (κ1) is 5.69. The van der Waals surface area contributed by atoms with E-state index in [0.717, 1.165) is 19.1 Å². The van der Waals surface area contributed by atoms with Crippen LogP contribution in [-0.2, 0) is 9.47 Å². The molecule has 52 valence electrons. The van der Waals surface area contributed by atoms with Crippen molar-refractivity contribution < 1.29 is 9.47 Å². The molecule has 3 aliphatic rings. The van der Waals surface area contributed by atoms with Gasteiger partial charge in [-0.05, 0) is 12.3 Å². The molecule has 0 aromatic rings. The molecule has 0 spiro atoms. The molecule has 1 saturated carbocycles. The van der Waals surface area contributed by atoms with Crippen molar-refractivity contribution in [2.75, 3.05) is 13.2 Å². The number of ether oxygens (including phenoxy) is 2. The maximum absolute atomic E-state index is 5.14. The fraction of sp³-hybridized carbons (Fsp3) is 1.00. The van der Waals surface area contributed by atoms with Gasteiger partial charge in [0.1, 0.15) is 0 Å². The lowest BCUT2D eigenvalue weighted by atomic mass is 9.88. The first-order valence-electron chi connectivity index (χ1n) is 3.61. The molecule has 2 nitrogen and oxygen atoms in total. The van der Waals surface area contributed by atoms with Crippen LogP contribution in [0.2, 0.25) is 0 Å². The van der Waals surface area contributed by atoms with Crippen LogP contribution in [0, 0.1) is 5.92 Å². The smallest absolute Gasteiger partial charge is 0.0868 e. The molecule has 3 rings (SSSR count). The second-order valence-corrected chi connectivity index (χ2v) is 2.96. The van der Waals surface area contributed by atoms with Gasteiger partial charge in [0, 0.05) is 0 Å². The molecule has 3 unspecified atom stereocenters. The summed E-state index contributed by atoms with van der Waals surface area (Å²) in [5, 5.41) is 0. The standard InChI is InChI=1S/C5H8O.C2H4O/c1-3-2-4-5(3)6-4;1-2-3-1/h3-5H,2H2,1H3;1-2H2. The molecular formula is C7H12O2. The van der Waals surface area contributed by atoms with Crippen LogP contribution in [0.3, 0.4) is 0 Å². The average molecular weight is 128 g/mol. The van der Waals surface area contributed by atoms with Gasteiger partial charge in [-0.2, -0.15) is 0 Å². The van der Waals surface area contributed by atoms with Gasteiger partial charge in [0.15, 0.2) is 0 Å². The lowest BCUT2D eigenvalue weighted by Crippen LogP contribution is -2.19. The van der Waals surface area contributed by atoms with Crippen molar-refractivity contribution in [1.29, 1.82) is 0 Å². The van der Waals surface area contributed by atoms with Gasteiger partial charge in [-0.25, -0.2) is 0 Å². The van der Waals surface area contributed by atoms with Gasteiger partial charge in [0.25, 0.3) is 0 Å². The van der Waals surface area contributed by atoms with Crippen molar-refractivity contribution in [2.45, 2.75) is 25.6 Å². The van der Waals surface area contributed by atoms with Crippen molar-refractivity contribution in [1.82, 2.24) is 0 Å². The first-order valence-corrected chi connectivity index (χ1v) is 3.61. The van der Waals surface area contributed by atoms with Gasteiger partial charge in [-0.1, -0.05) is 6.92 Å². The van der Waals surface area contributed by atoms with E-state index in [1.807, 2.05) is 0 Å². The highest BCUT2D eigenvalue weighted by molar-refractivity contribution is 5.00. The van der Waals surface area contributed by atoms with E-state index < -0.39 is 0 Å². The number of hydrogen-bond acceptors (Lipinski definition) is 2. The Bertz CT molecular complexity index is 109. The normalized spacial score (nSPS) is 49.7. The summed E-state index contributed by atoms with van der Waals surface area (Å²) in [6, 6.07) is 0. The molecule has 2 heterocycles. The number of rotatable bonds is 0. The minimum atomic E-state index is 0.699. The largest absolute Gasteiger partial charge is 0.377 e. The summed E-state index contributed by atoms with van der Waals surface area (Å²) in [6.07, 6.45) is 2.73. The Labute approximate surface area is 55.1 Å². The van der Waals surface area contributed by atoms with Crippen LogP contribution in [0.4, 0.5) is 0 Å². The fourth-order valence-electron chi connectivity index (χ4n) is 1.15. The van der Waals surface area contributed by atoms with Crippen LogP contribution in [-0.4, -0.2) is 25.4 Å². The molecule has 3 fully saturated rings. The van der Waals surface area contributed by atoms with Gasteiger partial charge < -0.3 is 9.47 Å². The van der Waals surface area contributed by atoms with E-state index in [4.69, 9.17) is 4.74 Å². The zero-order valence-corrected chi connectivity index (χ0v) is 5.67. The number of epoxide rings is 2. The summed E-state index contributed by atoms with van der Waals surface area (Å²) in [5.74, 6) is 0.884. The molecule has 2 saturated heterocycles. The number of hydrogen-bond donors (Lipinski definition) is 0. The Hall–Kier alpha value is -0.0800.